The highest BCUT2D eigenvalue weighted by molar-refractivity contribution is 7.90. The van der Waals surface area contributed by atoms with Gasteiger partial charge in [-0.3, -0.25) is 4.79 Å². The van der Waals surface area contributed by atoms with Crippen molar-refractivity contribution in [2.24, 2.45) is 0 Å². The molecule has 1 aliphatic heterocycles. The smallest absolute Gasteiger partial charge is 0.185 e. The normalized spacial score (nSPS) is 13.6. The number of benzene rings is 2. The molecule has 0 bridgehead atoms. The highest BCUT2D eigenvalue weighted by Crippen LogP contribution is 2.34. The number of ketones is 1. The molecule has 0 aliphatic carbocycles. The van der Waals surface area contributed by atoms with Gasteiger partial charge >= 0.3 is 0 Å². The van der Waals surface area contributed by atoms with Gasteiger partial charge in [-0.2, -0.15) is 0 Å². The number of sulfone groups is 1. The summed E-state index contributed by atoms with van der Waals surface area (Å²) in [4.78, 5) is 12.5. The second-order valence-corrected chi connectivity index (χ2v) is 7.69. The van der Waals surface area contributed by atoms with Crippen molar-refractivity contribution in [1.82, 2.24) is 0 Å². The molecule has 0 aromatic heterocycles. The molecule has 1 aliphatic rings. The van der Waals surface area contributed by atoms with Crippen LogP contribution in [0.5, 0.6) is 17.2 Å². The third-order valence-corrected chi connectivity index (χ3v) is 4.99. The van der Waals surface area contributed by atoms with E-state index in [1.54, 1.807) is 6.08 Å². The van der Waals surface area contributed by atoms with Gasteiger partial charge in [0.25, 0.3) is 0 Å². The van der Waals surface area contributed by atoms with Gasteiger partial charge in [0.15, 0.2) is 27.1 Å². The number of carbonyl (C=O) groups is 1. The van der Waals surface area contributed by atoms with Crippen molar-refractivity contribution in [1.29, 1.82) is 0 Å². The van der Waals surface area contributed by atoms with Gasteiger partial charge in [0.2, 0.25) is 0 Å². The van der Waals surface area contributed by atoms with Crippen LogP contribution in [-0.2, 0) is 9.84 Å². The second kappa shape index (κ2) is 7.21. The molecule has 0 atom stereocenters. The van der Waals surface area contributed by atoms with Crippen molar-refractivity contribution in [3.8, 4) is 17.2 Å². The maximum absolute atomic E-state index is 12.5. The Bertz CT molecular complexity index is 976. The van der Waals surface area contributed by atoms with Crippen LogP contribution in [0.15, 0.2) is 47.4 Å². The summed E-state index contributed by atoms with van der Waals surface area (Å²) < 4.78 is 39.7. The van der Waals surface area contributed by atoms with Crippen molar-refractivity contribution in [3.05, 3.63) is 53.6 Å². The summed E-state index contributed by atoms with van der Waals surface area (Å²) in [5.74, 6) is 1.11. The number of carbonyl (C=O) groups excluding carboxylic acids is 1. The van der Waals surface area contributed by atoms with Crippen LogP contribution in [0.1, 0.15) is 15.9 Å². The molecular formula is C19H18O6S. The van der Waals surface area contributed by atoms with Crippen LogP contribution in [0.2, 0.25) is 0 Å². The van der Waals surface area contributed by atoms with E-state index in [1.165, 1.54) is 31.4 Å². The molecule has 7 heteroatoms. The minimum atomic E-state index is -3.44. The standard InChI is InChI=1S/C19H18O6S/c1-23-17-12-14(7-9-18(17)26(2,21)22)15(20)8-6-13-4-3-5-16-19(13)25-11-10-24-16/h3-9,12H,10-11H2,1-2H3/b8-6+. The topological polar surface area (TPSA) is 78.9 Å². The van der Waals surface area contributed by atoms with Crippen molar-refractivity contribution < 1.29 is 27.4 Å². The summed E-state index contributed by atoms with van der Waals surface area (Å²) in [6, 6.07) is 9.71. The molecule has 0 fully saturated rings. The number of rotatable bonds is 5. The Kier molecular flexibility index (Phi) is 4.99. The highest BCUT2D eigenvalue weighted by Gasteiger charge is 2.17. The van der Waals surface area contributed by atoms with Gasteiger partial charge in [0, 0.05) is 17.4 Å². The lowest BCUT2D eigenvalue weighted by molar-refractivity contribution is 0.104. The molecule has 1 heterocycles. The molecule has 6 nitrogen and oxygen atoms in total. The molecule has 26 heavy (non-hydrogen) atoms. The van der Waals surface area contributed by atoms with Gasteiger partial charge in [0.05, 0.1) is 7.11 Å². The Labute approximate surface area is 151 Å². The molecule has 0 radical (unpaired) electrons. The fraction of sp³-hybridized carbons (Fsp3) is 0.211. The summed E-state index contributed by atoms with van der Waals surface area (Å²) in [5.41, 5.74) is 1.06. The first-order valence-corrected chi connectivity index (χ1v) is 9.78. The average molecular weight is 374 g/mol. The van der Waals surface area contributed by atoms with E-state index < -0.39 is 9.84 Å². The Hall–Kier alpha value is -2.80. The van der Waals surface area contributed by atoms with Gasteiger partial charge in [-0.25, -0.2) is 8.42 Å². The van der Waals surface area contributed by atoms with E-state index in [0.717, 1.165) is 11.8 Å². The zero-order valence-electron chi connectivity index (χ0n) is 14.4. The molecule has 0 saturated carbocycles. The first-order valence-electron chi connectivity index (χ1n) is 7.89. The van der Waals surface area contributed by atoms with E-state index >= 15 is 0 Å². The fourth-order valence-electron chi connectivity index (χ4n) is 2.62. The first kappa shape index (κ1) is 18.0. The van der Waals surface area contributed by atoms with Gasteiger partial charge in [-0.15, -0.1) is 0 Å². The Morgan fingerprint density at radius 1 is 1.15 bits per heavy atom. The predicted molar refractivity (Wildman–Crippen MR) is 96.9 cm³/mol. The van der Waals surface area contributed by atoms with Crippen molar-refractivity contribution >= 4 is 21.7 Å². The Balaban J connectivity index is 1.88. The maximum atomic E-state index is 12.5. The lowest BCUT2D eigenvalue weighted by atomic mass is 10.1. The molecule has 0 unspecified atom stereocenters. The van der Waals surface area contributed by atoms with E-state index in [-0.39, 0.29) is 16.4 Å². The van der Waals surface area contributed by atoms with Crippen molar-refractivity contribution in [3.63, 3.8) is 0 Å². The van der Waals surface area contributed by atoms with E-state index in [0.29, 0.717) is 30.3 Å². The average Bonchev–Trinajstić information content (AvgIpc) is 2.64. The zero-order chi connectivity index (χ0) is 18.7. The SMILES string of the molecule is COc1cc(C(=O)/C=C/c2cccc3c2OCCO3)ccc1S(C)(=O)=O. The largest absolute Gasteiger partial charge is 0.495 e. The minimum Gasteiger partial charge on any atom is -0.495 e. The van der Waals surface area contributed by atoms with E-state index in [1.807, 2.05) is 18.2 Å². The van der Waals surface area contributed by atoms with Crippen LogP contribution in [-0.4, -0.2) is 40.8 Å². The quantitative estimate of drug-likeness (QED) is 0.591. The van der Waals surface area contributed by atoms with Crippen molar-refractivity contribution in [2.45, 2.75) is 4.90 Å². The molecule has 0 amide bonds. The highest BCUT2D eigenvalue weighted by atomic mass is 32.2. The molecule has 136 valence electrons. The molecule has 0 N–H and O–H groups in total. The second-order valence-electron chi connectivity index (χ2n) is 5.71. The third kappa shape index (κ3) is 3.72. The third-order valence-electron chi connectivity index (χ3n) is 3.86. The summed E-state index contributed by atoms with van der Waals surface area (Å²) in [6.45, 7) is 0.946. The number of fused-ring (bicyclic) bond motifs is 1. The van der Waals surface area contributed by atoms with Gasteiger partial charge in [0.1, 0.15) is 23.9 Å². The number of hydrogen-bond acceptors (Lipinski definition) is 6. The number of allylic oxidation sites excluding steroid dienone is 1. The molecule has 2 aromatic carbocycles. The molecule has 0 spiro atoms. The predicted octanol–water partition coefficient (Wildman–Crippen LogP) is 2.77. The lowest BCUT2D eigenvalue weighted by Gasteiger charge is -2.19. The molecule has 0 saturated heterocycles. The Morgan fingerprint density at radius 3 is 2.65 bits per heavy atom. The van der Waals surface area contributed by atoms with E-state index in [9.17, 15) is 13.2 Å². The zero-order valence-corrected chi connectivity index (χ0v) is 15.2. The molecular weight excluding hydrogens is 356 g/mol. The maximum Gasteiger partial charge on any atom is 0.185 e. The summed E-state index contributed by atoms with van der Waals surface area (Å²) in [6.07, 6.45) is 4.14. The van der Waals surface area contributed by atoms with Crippen LogP contribution in [0.3, 0.4) is 0 Å². The lowest BCUT2D eigenvalue weighted by Crippen LogP contribution is -2.15. The summed E-state index contributed by atoms with van der Waals surface area (Å²) in [5, 5.41) is 0. The van der Waals surface area contributed by atoms with Gasteiger partial charge in [-0.05, 0) is 36.4 Å². The minimum absolute atomic E-state index is 0.0446. The number of para-hydroxylation sites is 1. The monoisotopic (exact) mass is 374 g/mol. The van der Waals surface area contributed by atoms with Crippen LogP contribution in [0.25, 0.3) is 6.08 Å². The van der Waals surface area contributed by atoms with Gasteiger partial charge < -0.3 is 14.2 Å². The molecule has 3 rings (SSSR count). The summed E-state index contributed by atoms with van der Waals surface area (Å²) >= 11 is 0. The molecule has 2 aromatic rings. The number of methoxy groups -OCH3 is 1. The van der Waals surface area contributed by atoms with Crippen LogP contribution in [0, 0.1) is 0 Å². The fourth-order valence-corrected chi connectivity index (χ4v) is 3.44. The van der Waals surface area contributed by atoms with Crippen LogP contribution >= 0.6 is 0 Å². The number of hydrogen-bond donors (Lipinski definition) is 0. The first-order chi connectivity index (χ1) is 12.4. The van der Waals surface area contributed by atoms with E-state index in [2.05, 4.69) is 0 Å². The van der Waals surface area contributed by atoms with Crippen molar-refractivity contribution in [2.75, 3.05) is 26.6 Å². The van der Waals surface area contributed by atoms with E-state index in [4.69, 9.17) is 14.2 Å². The van der Waals surface area contributed by atoms with Crippen LogP contribution < -0.4 is 14.2 Å². The Morgan fingerprint density at radius 2 is 1.92 bits per heavy atom. The number of ether oxygens (including phenoxy) is 3. The van der Waals surface area contributed by atoms with Crippen LogP contribution in [0.4, 0.5) is 0 Å². The summed E-state index contributed by atoms with van der Waals surface area (Å²) in [7, 11) is -2.08. The van der Waals surface area contributed by atoms with Gasteiger partial charge in [-0.1, -0.05) is 12.1 Å².